The van der Waals surface area contributed by atoms with E-state index >= 15 is 0 Å². The van der Waals surface area contributed by atoms with Gasteiger partial charge in [0.15, 0.2) is 0 Å². The number of imidazole rings is 1. The van der Waals surface area contributed by atoms with E-state index in [2.05, 4.69) is 20.3 Å². The number of aryl methyl sites for hydroxylation is 2. The largest absolute Gasteiger partial charge is 0.478 e. The number of carboxylic acids is 1. The molecule has 9 heteroatoms. The van der Waals surface area contributed by atoms with Gasteiger partial charge in [-0.1, -0.05) is 35.0 Å². The molecule has 140 valence electrons. The molecule has 0 spiro atoms. The van der Waals surface area contributed by atoms with Crippen LogP contribution in [0.5, 0.6) is 0 Å². The molecule has 0 aliphatic rings. The van der Waals surface area contributed by atoms with Crippen LogP contribution < -0.4 is 0 Å². The second kappa shape index (κ2) is 6.90. The molecular formula is C19H15ClN6O2. The van der Waals surface area contributed by atoms with E-state index in [-0.39, 0.29) is 5.56 Å². The number of rotatable bonds is 4. The van der Waals surface area contributed by atoms with Crippen LogP contribution in [0.15, 0.2) is 48.9 Å². The van der Waals surface area contributed by atoms with Gasteiger partial charge in [-0.05, 0) is 25.1 Å². The summed E-state index contributed by atoms with van der Waals surface area (Å²) in [4.78, 5) is 20.0. The number of nitrogens with zero attached hydrogens (tertiary/aromatic N) is 6. The molecule has 8 nitrogen and oxygen atoms in total. The zero-order chi connectivity index (χ0) is 19.8. The van der Waals surface area contributed by atoms with Crippen LogP contribution in [-0.4, -0.2) is 40.6 Å². The highest BCUT2D eigenvalue weighted by Crippen LogP contribution is 2.33. The SMILES string of the molecule is Cc1nc(-n2cnc(-c3c(-c4ccccc4Cl)nnn3C)c2)ccc1C(=O)O. The molecule has 0 bridgehead atoms. The topological polar surface area (TPSA) is 98.7 Å². The summed E-state index contributed by atoms with van der Waals surface area (Å²) in [5.41, 5.74) is 3.35. The smallest absolute Gasteiger partial charge is 0.337 e. The average Bonchev–Trinajstić information content (AvgIpc) is 3.28. The second-order valence-electron chi connectivity index (χ2n) is 6.16. The van der Waals surface area contributed by atoms with E-state index < -0.39 is 5.97 Å². The third kappa shape index (κ3) is 3.03. The van der Waals surface area contributed by atoms with Crippen molar-refractivity contribution in [2.45, 2.75) is 6.92 Å². The summed E-state index contributed by atoms with van der Waals surface area (Å²) in [5, 5.41) is 18.1. The Kier molecular flexibility index (Phi) is 4.40. The van der Waals surface area contributed by atoms with Crippen molar-refractivity contribution in [1.29, 1.82) is 0 Å². The maximum absolute atomic E-state index is 11.2. The molecule has 4 rings (SSSR count). The highest BCUT2D eigenvalue weighted by Gasteiger charge is 2.19. The first-order chi connectivity index (χ1) is 13.5. The van der Waals surface area contributed by atoms with E-state index in [1.54, 1.807) is 47.9 Å². The van der Waals surface area contributed by atoms with Crippen LogP contribution in [0, 0.1) is 6.92 Å². The van der Waals surface area contributed by atoms with Gasteiger partial charge in [-0.3, -0.25) is 4.57 Å². The number of aromatic nitrogens is 6. The molecule has 0 saturated carbocycles. The molecule has 4 aromatic rings. The number of pyridine rings is 1. The quantitative estimate of drug-likeness (QED) is 0.569. The second-order valence-corrected chi connectivity index (χ2v) is 6.57. The molecule has 28 heavy (non-hydrogen) atoms. The van der Waals surface area contributed by atoms with Crippen molar-refractivity contribution in [3.63, 3.8) is 0 Å². The van der Waals surface area contributed by atoms with Gasteiger partial charge in [0.05, 0.1) is 16.3 Å². The van der Waals surface area contributed by atoms with Crippen LogP contribution in [-0.2, 0) is 7.05 Å². The number of carbonyl (C=O) groups is 1. The molecule has 0 amide bonds. The Morgan fingerprint density at radius 2 is 1.96 bits per heavy atom. The Balaban J connectivity index is 1.77. The van der Waals surface area contributed by atoms with E-state index in [9.17, 15) is 4.79 Å². The molecule has 0 unspecified atom stereocenters. The third-order valence-corrected chi connectivity index (χ3v) is 4.68. The summed E-state index contributed by atoms with van der Waals surface area (Å²) in [7, 11) is 1.78. The Bertz CT molecular complexity index is 1200. The fourth-order valence-electron chi connectivity index (χ4n) is 2.97. The van der Waals surface area contributed by atoms with Crippen molar-refractivity contribution in [2.75, 3.05) is 0 Å². The maximum atomic E-state index is 11.2. The van der Waals surface area contributed by atoms with Crippen LogP contribution in [0.25, 0.3) is 28.5 Å². The molecule has 0 aliphatic heterocycles. The molecule has 0 radical (unpaired) electrons. The Hall–Kier alpha value is -3.52. The molecule has 0 fully saturated rings. The first-order valence-corrected chi connectivity index (χ1v) is 8.73. The van der Waals surface area contributed by atoms with E-state index in [1.165, 1.54) is 6.07 Å². The summed E-state index contributed by atoms with van der Waals surface area (Å²) >= 11 is 6.33. The molecule has 3 aromatic heterocycles. The van der Waals surface area contributed by atoms with Crippen molar-refractivity contribution in [3.8, 4) is 28.5 Å². The predicted octanol–water partition coefficient (Wildman–Crippen LogP) is 3.39. The van der Waals surface area contributed by atoms with Gasteiger partial charge >= 0.3 is 5.97 Å². The van der Waals surface area contributed by atoms with Gasteiger partial charge in [0.2, 0.25) is 0 Å². The minimum absolute atomic E-state index is 0.168. The summed E-state index contributed by atoms with van der Waals surface area (Å²) in [6, 6.07) is 10.6. The molecule has 0 saturated heterocycles. The molecule has 0 aliphatic carbocycles. The summed E-state index contributed by atoms with van der Waals surface area (Å²) < 4.78 is 3.36. The van der Waals surface area contributed by atoms with Gasteiger partial charge in [0, 0.05) is 18.8 Å². The van der Waals surface area contributed by atoms with E-state index in [4.69, 9.17) is 16.7 Å². The lowest BCUT2D eigenvalue weighted by molar-refractivity contribution is 0.0695. The maximum Gasteiger partial charge on any atom is 0.337 e. The number of benzene rings is 1. The zero-order valence-electron chi connectivity index (χ0n) is 15.0. The number of halogens is 1. The highest BCUT2D eigenvalue weighted by atomic mass is 35.5. The van der Waals surface area contributed by atoms with E-state index in [0.717, 1.165) is 5.56 Å². The van der Waals surface area contributed by atoms with Gasteiger partial charge < -0.3 is 5.11 Å². The Morgan fingerprint density at radius 1 is 1.18 bits per heavy atom. The molecule has 3 heterocycles. The van der Waals surface area contributed by atoms with Crippen LogP contribution in [0.2, 0.25) is 5.02 Å². The third-order valence-electron chi connectivity index (χ3n) is 4.35. The molecule has 1 N–H and O–H groups in total. The van der Waals surface area contributed by atoms with Gasteiger partial charge in [0.1, 0.15) is 29.2 Å². The number of hydrogen-bond acceptors (Lipinski definition) is 5. The highest BCUT2D eigenvalue weighted by molar-refractivity contribution is 6.33. The fraction of sp³-hybridized carbons (Fsp3) is 0.105. The van der Waals surface area contributed by atoms with Crippen molar-refractivity contribution in [2.24, 2.45) is 7.05 Å². The van der Waals surface area contributed by atoms with Crippen LogP contribution >= 0.6 is 11.6 Å². The zero-order valence-corrected chi connectivity index (χ0v) is 15.8. The lowest BCUT2D eigenvalue weighted by Gasteiger charge is -2.05. The minimum Gasteiger partial charge on any atom is -0.478 e. The summed E-state index contributed by atoms with van der Waals surface area (Å²) in [6.45, 7) is 1.66. The van der Waals surface area contributed by atoms with E-state index in [0.29, 0.717) is 33.6 Å². The Labute approximate surface area is 165 Å². The normalized spacial score (nSPS) is 11.0. The van der Waals surface area contributed by atoms with Gasteiger partial charge in [-0.25, -0.2) is 19.4 Å². The van der Waals surface area contributed by atoms with Gasteiger partial charge in [0.25, 0.3) is 0 Å². The summed E-state index contributed by atoms with van der Waals surface area (Å²) in [5.74, 6) is -0.441. The fourth-order valence-corrected chi connectivity index (χ4v) is 3.19. The van der Waals surface area contributed by atoms with Crippen molar-refractivity contribution in [3.05, 3.63) is 65.2 Å². The lowest BCUT2D eigenvalue weighted by Crippen LogP contribution is -2.04. The first-order valence-electron chi connectivity index (χ1n) is 8.36. The van der Waals surface area contributed by atoms with E-state index in [1.807, 2.05) is 18.2 Å². The Morgan fingerprint density at radius 3 is 2.68 bits per heavy atom. The van der Waals surface area contributed by atoms with Crippen LogP contribution in [0.1, 0.15) is 16.1 Å². The molecule has 0 atom stereocenters. The first kappa shape index (κ1) is 17.9. The van der Waals surface area contributed by atoms with Gasteiger partial charge in [-0.15, -0.1) is 5.10 Å². The molecule has 1 aromatic carbocycles. The van der Waals surface area contributed by atoms with Crippen LogP contribution in [0.4, 0.5) is 0 Å². The predicted molar refractivity (Wildman–Crippen MR) is 103 cm³/mol. The standard InChI is InChI=1S/C19H15ClN6O2/c1-11-12(19(27)28)7-8-16(22-11)26-9-15(21-10-26)18-17(23-24-25(18)2)13-5-3-4-6-14(13)20/h3-10H,1-2H3,(H,27,28). The van der Waals surface area contributed by atoms with Gasteiger partial charge in [-0.2, -0.15) is 0 Å². The van der Waals surface area contributed by atoms with Crippen molar-refractivity contribution < 1.29 is 9.90 Å². The van der Waals surface area contributed by atoms with Crippen molar-refractivity contribution >= 4 is 17.6 Å². The monoisotopic (exact) mass is 394 g/mol. The minimum atomic E-state index is -1.01. The average molecular weight is 395 g/mol. The number of hydrogen-bond donors (Lipinski definition) is 1. The lowest BCUT2D eigenvalue weighted by atomic mass is 10.1. The number of aromatic carboxylic acids is 1. The molecular weight excluding hydrogens is 380 g/mol. The summed E-state index contributed by atoms with van der Waals surface area (Å²) in [6.07, 6.45) is 3.40. The number of carboxylic acid groups (broad SMARTS) is 1. The van der Waals surface area contributed by atoms with Crippen LogP contribution in [0.3, 0.4) is 0 Å². The van der Waals surface area contributed by atoms with Crippen molar-refractivity contribution in [1.82, 2.24) is 29.5 Å².